The van der Waals surface area contributed by atoms with Crippen LogP contribution in [0.1, 0.15) is 91.9 Å². The quantitative estimate of drug-likeness (QED) is 0.259. The molecule has 0 bridgehead atoms. The highest BCUT2D eigenvalue weighted by Crippen LogP contribution is 2.32. The molecular formula is C31H41N3O3. The lowest BCUT2D eigenvalue weighted by molar-refractivity contribution is -0.120. The summed E-state index contributed by atoms with van der Waals surface area (Å²) in [5.74, 6) is 0.152. The van der Waals surface area contributed by atoms with E-state index >= 15 is 0 Å². The number of ketones is 1. The van der Waals surface area contributed by atoms with Crippen LogP contribution in [0, 0.1) is 0 Å². The first-order chi connectivity index (χ1) is 17.9. The summed E-state index contributed by atoms with van der Waals surface area (Å²) in [5, 5.41) is 5.82. The number of anilines is 1. The number of aryl methyl sites for hydroxylation is 1. The predicted molar refractivity (Wildman–Crippen MR) is 151 cm³/mol. The largest absolute Gasteiger partial charge is 0.372 e. The van der Waals surface area contributed by atoms with Crippen LogP contribution in [0.4, 0.5) is 5.69 Å². The molecule has 6 heteroatoms. The molecular weight excluding hydrogens is 462 g/mol. The van der Waals surface area contributed by atoms with Gasteiger partial charge in [-0.15, -0.1) is 0 Å². The van der Waals surface area contributed by atoms with E-state index in [9.17, 15) is 14.4 Å². The molecule has 0 heterocycles. The number of rotatable bonds is 14. The molecule has 198 valence electrons. The van der Waals surface area contributed by atoms with Gasteiger partial charge in [-0.1, -0.05) is 37.1 Å². The molecule has 0 aliphatic heterocycles. The van der Waals surface area contributed by atoms with Crippen LogP contribution in [0.3, 0.4) is 0 Å². The molecule has 2 amide bonds. The first-order valence-corrected chi connectivity index (χ1v) is 13.6. The van der Waals surface area contributed by atoms with Gasteiger partial charge in [-0.3, -0.25) is 14.4 Å². The zero-order valence-corrected chi connectivity index (χ0v) is 22.5. The van der Waals surface area contributed by atoms with Crippen LogP contribution in [0.5, 0.6) is 0 Å². The second-order valence-corrected chi connectivity index (χ2v) is 9.63. The summed E-state index contributed by atoms with van der Waals surface area (Å²) in [6.45, 7) is 6.13. The summed E-state index contributed by atoms with van der Waals surface area (Å²) in [7, 11) is 1.65. The first-order valence-electron chi connectivity index (χ1n) is 13.6. The molecule has 2 N–H and O–H groups in total. The molecule has 0 spiro atoms. The van der Waals surface area contributed by atoms with Crippen molar-refractivity contribution in [2.75, 3.05) is 25.0 Å². The minimum Gasteiger partial charge on any atom is -0.372 e. The summed E-state index contributed by atoms with van der Waals surface area (Å²) in [4.78, 5) is 38.6. The Hall–Kier alpha value is -3.41. The smallest absolute Gasteiger partial charge is 0.251 e. The highest BCUT2D eigenvalue weighted by Gasteiger charge is 2.24. The lowest BCUT2D eigenvalue weighted by Crippen LogP contribution is -2.27. The minimum atomic E-state index is -0.0489. The van der Waals surface area contributed by atoms with Crippen molar-refractivity contribution >= 4 is 29.4 Å². The van der Waals surface area contributed by atoms with E-state index in [4.69, 9.17) is 0 Å². The maximum atomic E-state index is 12.9. The van der Waals surface area contributed by atoms with E-state index < -0.39 is 0 Å². The van der Waals surface area contributed by atoms with E-state index in [0.717, 1.165) is 68.4 Å². The van der Waals surface area contributed by atoms with Gasteiger partial charge in [0.05, 0.1) is 6.04 Å². The van der Waals surface area contributed by atoms with Crippen molar-refractivity contribution in [1.82, 2.24) is 10.6 Å². The summed E-state index contributed by atoms with van der Waals surface area (Å²) in [5.41, 5.74) is 5.21. The Kier molecular flexibility index (Phi) is 10.9. The summed E-state index contributed by atoms with van der Waals surface area (Å²) in [6.07, 6.45) is 10.1. The van der Waals surface area contributed by atoms with Crippen molar-refractivity contribution in [3.8, 4) is 0 Å². The standard InChI is InChI=1S/C31H41N3O3/c1-4-34(5-2)26-17-14-24(15-18-26)31(37)33-29-21-16-25-22-23(13-20-28(25)29)12-19-27(35)10-8-6-7-9-11-30(36)32-3/h12-15,17-20,22,29H,4-11,16,21H2,1-3H3,(H,32,36)(H,33,37)/b19-12+. The molecule has 2 aromatic rings. The maximum Gasteiger partial charge on any atom is 0.251 e. The number of nitrogens with one attached hydrogen (secondary N) is 2. The second-order valence-electron chi connectivity index (χ2n) is 9.63. The Morgan fingerprint density at radius 1 is 0.946 bits per heavy atom. The summed E-state index contributed by atoms with van der Waals surface area (Å²) < 4.78 is 0. The number of nitrogens with zero attached hydrogens (tertiary/aromatic N) is 1. The molecule has 6 nitrogen and oxygen atoms in total. The average Bonchev–Trinajstić information content (AvgIpc) is 3.32. The van der Waals surface area contributed by atoms with Gasteiger partial charge in [-0.25, -0.2) is 0 Å². The van der Waals surface area contributed by atoms with Crippen molar-refractivity contribution in [3.63, 3.8) is 0 Å². The van der Waals surface area contributed by atoms with Gasteiger partial charge >= 0.3 is 0 Å². The van der Waals surface area contributed by atoms with Crippen LogP contribution in [0.2, 0.25) is 0 Å². The Morgan fingerprint density at radius 3 is 2.32 bits per heavy atom. The topological polar surface area (TPSA) is 78.5 Å². The predicted octanol–water partition coefficient (Wildman–Crippen LogP) is 5.62. The summed E-state index contributed by atoms with van der Waals surface area (Å²) in [6, 6.07) is 14.0. The third-order valence-corrected chi connectivity index (χ3v) is 7.13. The maximum absolute atomic E-state index is 12.9. The van der Waals surface area contributed by atoms with Gasteiger partial charge in [0.1, 0.15) is 0 Å². The van der Waals surface area contributed by atoms with Crippen molar-refractivity contribution < 1.29 is 14.4 Å². The van der Waals surface area contributed by atoms with Crippen molar-refractivity contribution in [1.29, 1.82) is 0 Å². The van der Waals surface area contributed by atoms with Crippen LogP contribution >= 0.6 is 0 Å². The Balaban J connectivity index is 1.47. The van der Waals surface area contributed by atoms with Crippen LogP contribution in [-0.2, 0) is 16.0 Å². The molecule has 0 radical (unpaired) electrons. The molecule has 0 fully saturated rings. The number of fused-ring (bicyclic) bond motifs is 1. The fourth-order valence-corrected chi connectivity index (χ4v) is 4.88. The van der Waals surface area contributed by atoms with Gasteiger partial charge in [0.15, 0.2) is 5.78 Å². The summed E-state index contributed by atoms with van der Waals surface area (Å²) >= 11 is 0. The fraction of sp³-hybridized carbons (Fsp3) is 0.452. The van der Waals surface area contributed by atoms with Gasteiger partial charge < -0.3 is 15.5 Å². The van der Waals surface area contributed by atoms with Gasteiger partial charge in [0.2, 0.25) is 5.91 Å². The highest BCUT2D eigenvalue weighted by atomic mass is 16.2. The molecule has 1 atom stereocenters. The molecule has 0 aromatic heterocycles. The number of carbonyl (C=O) groups excluding carboxylic acids is 3. The molecule has 2 aromatic carbocycles. The van der Waals surface area contributed by atoms with Crippen molar-refractivity contribution in [2.24, 2.45) is 0 Å². The Bertz CT molecular complexity index is 1090. The first kappa shape index (κ1) is 28.2. The minimum absolute atomic E-state index is 0.00743. The van der Waals surface area contributed by atoms with E-state index in [1.165, 1.54) is 5.56 Å². The van der Waals surface area contributed by atoms with E-state index in [-0.39, 0.29) is 23.6 Å². The molecule has 1 unspecified atom stereocenters. The van der Waals surface area contributed by atoms with Crippen LogP contribution < -0.4 is 15.5 Å². The zero-order valence-electron chi connectivity index (χ0n) is 22.5. The number of allylic oxidation sites excluding steroid dienone is 1. The normalized spacial score (nSPS) is 14.4. The van der Waals surface area contributed by atoms with Crippen LogP contribution in [0.25, 0.3) is 6.08 Å². The SMILES string of the molecule is CCN(CC)c1ccc(C(=O)NC2CCc3cc(/C=C/C(=O)CCCCCCC(=O)NC)ccc32)cc1. The number of amides is 2. The number of hydrogen-bond acceptors (Lipinski definition) is 4. The number of carbonyl (C=O) groups is 3. The number of benzene rings is 2. The Labute approximate surface area is 221 Å². The molecule has 0 saturated carbocycles. The monoisotopic (exact) mass is 503 g/mol. The van der Waals surface area contributed by atoms with E-state index in [0.29, 0.717) is 18.4 Å². The fourth-order valence-electron chi connectivity index (χ4n) is 4.88. The van der Waals surface area contributed by atoms with Gasteiger partial charge in [-0.05, 0) is 86.6 Å². The van der Waals surface area contributed by atoms with Crippen LogP contribution in [-0.4, -0.2) is 37.7 Å². The number of unbranched alkanes of at least 4 members (excludes halogenated alkanes) is 3. The van der Waals surface area contributed by atoms with Crippen molar-refractivity contribution in [2.45, 2.75) is 71.3 Å². The lowest BCUT2D eigenvalue weighted by atomic mass is 10.0. The molecule has 0 saturated heterocycles. The molecule has 1 aliphatic carbocycles. The van der Waals surface area contributed by atoms with E-state index in [1.54, 1.807) is 13.1 Å². The molecule has 1 aliphatic rings. The lowest BCUT2D eigenvalue weighted by Gasteiger charge is -2.21. The average molecular weight is 504 g/mol. The van der Waals surface area contributed by atoms with Crippen LogP contribution in [0.15, 0.2) is 48.5 Å². The van der Waals surface area contributed by atoms with Gasteiger partial charge in [0.25, 0.3) is 5.91 Å². The molecule has 3 rings (SSSR count). The number of hydrogen-bond donors (Lipinski definition) is 2. The van der Waals surface area contributed by atoms with Gasteiger partial charge in [0, 0.05) is 44.2 Å². The van der Waals surface area contributed by atoms with Gasteiger partial charge in [-0.2, -0.15) is 0 Å². The second kappa shape index (κ2) is 14.4. The third kappa shape index (κ3) is 8.31. The third-order valence-electron chi connectivity index (χ3n) is 7.13. The van der Waals surface area contributed by atoms with E-state index in [1.807, 2.05) is 36.4 Å². The zero-order chi connectivity index (χ0) is 26.6. The van der Waals surface area contributed by atoms with E-state index in [2.05, 4.69) is 41.5 Å². The molecule has 37 heavy (non-hydrogen) atoms. The Morgan fingerprint density at radius 2 is 1.65 bits per heavy atom. The highest BCUT2D eigenvalue weighted by molar-refractivity contribution is 5.95. The van der Waals surface area contributed by atoms with Crippen molar-refractivity contribution in [3.05, 3.63) is 70.8 Å².